The van der Waals surface area contributed by atoms with Crippen molar-refractivity contribution in [1.29, 1.82) is 0 Å². The molecule has 0 atom stereocenters. The Labute approximate surface area is 97.8 Å². The molecule has 7 nitrogen and oxygen atoms in total. The van der Waals surface area contributed by atoms with Gasteiger partial charge < -0.3 is 10.5 Å². The lowest BCUT2D eigenvalue weighted by Crippen LogP contribution is -2.20. The van der Waals surface area contributed by atoms with Crippen LogP contribution in [-0.4, -0.2) is 25.4 Å². The number of primary amides is 1. The fourth-order valence-corrected chi connectivity index (χ4v) is 1.85. The van der Waals surface area contributed by atoms with Crippen molar-refractivity contribution in [3.63, 3.8) is 0 Å². The molecule has 17 heavy (non-hydrogen) atoms. The molecule has 0 aliphatic heterocycles. The van der Waals surface area contributed by atoms with Crippen LogP contribution in [0.1, 0.15) is 23.3 Å². The third-order valence-electron chi connectivity index (χ3n) is 2.17. The summed E-state index contributed by atoms with van der Waals surface area (Å²) in [7, 11) is -4.05. The van der Waals surface area contributed by atoms with Crippen LogP contribution in [0.2, 0.25) is 0 Å². The van der Waals surface area contributed by atoms with E-state index in [4.69, 9.17) is 15.6 Å². The third kappa shape index (κ3) is 2.71. The van der Waals surface area contributed by atoms with Crippen molar-refractivity contribution < 1.29 is 17.9 Å². The van der Waals surface area contributed by atoms with E-state index in [0.29, 0.717) is 0 Å². The zero-order valence-corrected chi connectivity index (χ0v) is 9.61. The molecule has 1 aromatic rings. The van der Waals surface area contributed by atoms with Gasteiger partial charge in [-0.25, -0.2) is 18.5 Å². The number of ether oxygens (including phenoxy) is 1. The van der Waals surface area contributed by atoms with E-state index in [1.54, 1.807) is 0 Å². The highest BCUT2D eigenvalue weighted by atomic mass is 32.2. The maximum atomic E-state index is 11.3. The van der Waals surface area contributed by atoms with Gasteiger partial charge in [-0.15, -0.1) is 0 Å². The number of rotatable bonds is 4. The number of carbonyl (C=O) groups is 1. The van der Waals surface area contributed by atoms with Crippen molar-refractivity contribution in [3.8, 4) is 5.75 Å². The molecule has 1 fully saturated rings. The summed E-state index contributed by atoms with van der Waals surface area (Å²) in [6, 6.07) is 2.64. The van der Waals surface area contributed by atoms with Gasteiger partial charge in [0.1, 0.15) is 5.69 Å². The second kappa shape index (κ2) is 3.97. The Balaban J connectivity index is 2.47. The molecule has 1 aliphatic rings. The van der Waals surface area contributed by atoms with Crippen LogP contribution in [0, 0.1) is 0 Å². The number of hydrogen-bond acceptors (Lipinski definition) is 5. The highest BCUT2D eigenvalue weighted by Crippen LogP contribution is 2.30. The predicted octanol–water partition coefficient (Wildman–Crippen LogP) is -0.631. The van der Waals surface area contributed by atoms with E-state index in [2.05, 4.69) is 4.98 Å². The molecule has 0 unspecified atom stereocenters. The molecule has 1 saturated carbocycles. The number of nitrogens with two attached hydrogens (primary N) is 2. The molecule has 1 heterocycles. The Morgan fingerprint density at radius 1 is 1.41 bits per heavy atom. The summed E-state index contributed by atoms with van der Waals surface area (Å²) in [5.41, 5.74) is 4.84. The minimum absolute atomic E-state index is 0.00303. The fourth-order valence-electron chi connectivity index (χ4n) is 1.22. The molecule has 0 bridgehead atoms. The van der Waals surface area contributed by atoms with Crippen molar-refractivity contribution in [2.24, 2.45) is 10.9 Å². The van der Waals surface area contributed by atoms with Crippen molar-refractivity contribution in [2.75, 3.05) is 0 Å². The Morgan fingerprint density at radius 3 is 2.53 bits per heavy atom. The SMILES string of the molecule is NC(=O)c1ccc(OC2CC2)c(S(N)(=O)=O)n1. The van der Waals surface area contributed by atoms with E-state index < -0.39 is 21.0 Å². The minimum Gasteiger partial charge on any atom is -0.487 e. The van der Waals surface area contributed by atoms with Crippen molar-refractivity contribution in [2.45, 2.75) is 24.0 Å². The van der Waals surface area contributed by atoms with Gasteiger partial charge >= 0.3 is 0 Å². The van der Waals surface area contributed by atoms with Crippen LogP contribution in [0.4, 0.5) is 0 Å². The Kier molecular flexibility index (Phi) is 2.76. The lowest BCUT2D eigenvalue weighted by atomic mass is 10.3. The van der Waals surface area contributed by atoms with Crippen molar-refractivity contribution in [1.82, 2.24) is 4.98 Å². The zero-order chi connectivity index (χ0) is 12.6. The zero-order valence-electron chi connectivity index (χ0n) is 8.79. The summed E-state index contributed by atoms with van der Waals surface area (Å²) < 4.78 is 28.0. The number of hydrogen-bond donors (Lipinski definition) is 2. The number of amides is 1. The van der Waals surface area contributed by atoms with Crippen LogP contribution in [-0.2, 0) is 10.0 Å². The molecule has 8 heteroatoms. The molecule has 1 aromatic heterocycles. The first-order valence-electron chi connectivity index (χ1n) is 4.88. The fraction of sp³-hybridized carbons (Fsp3) is 0.333. The molecule has 0 radical (unpaired) electrons. The van der Waals surface area contributed by atoms with Gasteiger partial charge in [-0.3, -0.25) is 4.79 Å². The molecule has 0 spiro atoms. The second-order valence-electron chi connectivity index (χ2n) is 3.73. The number of nitrogens with zero attached hydrogens (tertiary/aromatic N) is 1. The molecule has 1 amide bonds. The molecule has 1 aliphatic carbocycles. The highest BCUT2D eigenvalue weighted by Gasteiger charge is 2.27. The summed E-state index contributed by atoms with van der Waals surface area (Å²) >= 11 is 0. The first kappa shape index (κ1) is 11.8. The predicted molar refractivity (Wildman–Crippen MR) is 57.8 cm³/mol. The van der Waals surface area contributed by atoms with Gasteiger partial charge in [0, 0.05) is 0 Å². The second-order valence-corrected chi connectivity index (χ2v) is 5.20. The smallest absolute Gasteiger partial charge is 0.267 e. The van der Waals surface area contributed by atoms with Crippen LogP contribution in [0.15, 0.2) is 17.2 Å². The molecule has 0 aromatic carbocycles. The lowest BCUT2D eigenvalue weighted by Gasteiger charge is -2.09. The Hall–Kier alpha value is -1.67. The van der Waals surface area contributed by atoms with Crippen LogP contribution >= 0.6 is 0 Å². The average Bonchev–Trinajstić information content (AvgIpc) is 3.00. The first-order valence-corrected chi connectivity index (χ1v) is 6.43. The topological polar surface area (TPSA) is 125 Å². The van der Waals surface area contributed by atoms with Gasteiger partial charge in [-0.05, 0) is 25.0 Å². The van der Waals surface area contributed by atoms with Gasteiger partial charge in [0.2, 0.25) is 5.03 Å². The summed E-state index contributed by atoms with van der Waals surface area (Å²) in [4.78, 5) is 14.5. The van der Waals surface area contributed by atoms with Crippen LogP contribution in [0.3, 0.4) is 0 Å². The quantitative estimate of drug-likeness (QED) is 0.742. The maximum Gasteiger partial charge on any atom is 0.267 e. The van der Waals surface area contributed by atoms with Crippen molar-refractivity contribution in [3.05, 3.63) is 17.8 Å². The van der Waals surface area contributed by atoms with E-state index >= 15 is 0 Å². The van der Waals surface area contributed by atoms with E-state index in [0.717, 1.165) is 12.8 Å². The summed E-state index contributed by atoms with van der Waals surface area (Å²) in [6.07, 6.45) is 1.72. The lowest BCUT2D eigenvalue weighted by molar-refractivity contribution is 0.0995. The third-order valence-corrected chi connectivity index (χ3v) is 3.00. The highest BCUT2D eigenvalue weighted by molar-refractivity contribution is 7.89. The standard InChI is InChI=1S/C9H11N3O4S/c10-8(13)6-3-4-7(16-5-1-2-5)9(12-6)17(11,14)15/h3-5H,1-2H2,(H2,10,13)(H2,11,14,15). The van der Waals surface area contributed by atoms with Crippen LogP contribution < -0.4 is 15.6 Å². The molecule has 92 valence electrons. The Bertz CT molecular complexity index is 566. The molecule has 4 N–H and O–H groups in total. The van der Waals surface area contributed by atoms with Crippen LogP contribution in [0.25, 0.3) is 0 Å². The summed E-state index contributed by atoms with van der Waals surface area (Å²) in [5, 5.41) is 4.54. The van der Waals surface area contributed by atoms with Gasteiger partial charge in [0.25, 0.3) is 15.9 Å². The van der Waals surface area contributed by atoms with E-state index in [-0.39, 0.29) is 17.5 Å². The minimum atomic E-state index is -4.05. The number of pyridine rings is 1. The van der Waals surface area contributed by atoms with Gasteiger partial charge in [-0.2, -0.15) is 0 Å². The monoisotopic (exact) mass is 257 g/mol. The number of aromatic nitrogens is 1. The van der Waals surface area contributed by atoms with E-state index in [1.807, 2.05) is 0 Å². The van der Waals surface area contributed by atoms with E-state index in [9.17, 15) is 13.2 Å². The van der Waals surface area contributed by atoms with Gasteiger partial charge in [0.15, 0.2) is 5.75 Å². The number of sulfonamides is 1. The summed E-state index contributed by atoms with van der Waals surface area (Å²) in [5.74, 6) is -0.770. The molecule has 2 rings (SSSR count). The van der Waals surface area contributed by atoms with Gasteiger partial charge in [0.05, 0.1) is 6.10 Å². The largest absolute Gasteiger partial charge is 0.487 e. The van der Waals surface area contributed by atoms with Crippen LogP contribution in [0.5, 0.6) is 5.75 Å². The molecular weight excluding hydrogens is 246 g/mol. The molecule has 0 saturated heterocycles. The Morgan fingerprint density at radius 2 is 2.06 bits per heavy atom. The number of primary sulfonamides is 1. The van der Waals surface area contributed by atoms with E-state index in [1.165, 1.54) is 12.1 Å². The van der Waals surface area contributed by atoms with Crippen molar-refractivity contribution >= 4 is 15.9 Å². The average molecular weight is 257 g/mol. The first-order chi connectivity index (χ1) is 7.88. The number of carbonyl (C=O) groups excluding carboxylic acids is 1. The van der Waals surface area contributed by atoms with Gasteiger partial charge in [-0.1, -0.05) is 0 Å². The normalized spacial score (nSPS) is 15.6. The maximum absolute atomic E-state index is 11.3. The summed E-state index contributed by atoms with van der Waals surface area (Å²) in [6.45, 7) is 0. The molecular formula is C9H11N3O4S.